The lowest BCUT2D eigenvalue weighted by atomic mass is 10.1. The molecule has 5 heteroatoms. The smallest absolute Gasteiger partial charge is 0.232 e. The summed E-state index contributed by atoms with van der Waals surface area (Å²) in [5.74, 6) is 0.0940. The number of phenolic OH excluding ortho intramolecular Hbond substituents is 1. The summed E-state index contributed by atoms with van der Waals surface area (Å²) in [6.45, 7) is 1.86. The van der Waals surface area contributed by atoms with Crippen molar-refractivity contribution in [2.24, 2.45) is 0 Å². The summed E-state index contributed by atoms with van der Waals surface area (Å²) >= 11 is 0. The van der Waals surface area contributed by atoms with Crippen molar-refractivity contribution in [3.63, 3.8) is 0 Å². The van der Waals surface area contributed by atoms with Gasteiger partial charge in [-0.05, 0) is 25.0 Å². The summed E-state index contributed by atoms with van der Waals surface area (Å²) in [7, 11) is -3.26. The fourth-order valence-corrected chi connectivity index (χ4v) is 3.33. The molecule has 82 valence electrons. The maximum absolute atomic E-state index is 11.6. The fourth-order valence-electron chi connectivity index (χ4n) is 2.07. The number of fused-ring (bicyclic) bond motifs is 1. The predicted molar refractivity (Wildman–Crippen MR) is 58.6 cm³/mol. The van der Waals surface area contributed by atoms with E-state index < -0.39 is 10.0 Å². The number of anilines is 1. The number of sulfonamides is 1. The zero-order valence-corrected chi connectivity index (χ0v) is 9.45. The molecule has 0 amide bonds. The van der Waals surface area contributed by atoms with E-state index in [2.05, 4.69) is 0 Å². The molecule has 1 N–H and O–H groups in total. The molecule has 0 aliphatic carbocycles. The normalized spacial score (nSPS) is 20.4. The molecule has 15 heavy (non-hydrogen) atoms. The summed E-state index contributed by atoms with van der Waals surface area (Å²) < 4.78 is 24.5. The lowest BCUT2D eigenvalue weighted by Gasteiger charge is -2.21. The fraction of sp³-hybridized carbons (Fsp3) is 0.400. The Morgan fingerprint density at radius 3 is 2.73 bits per heavy atom. The quantitative estimate of drug-likeness (QED) is 0.781. The number of hydrogen-bond donors (Lipinski definition) is 1. The maximum Gasteiger partial charge on any atom is 0.232 e. The first-order chi connectivity index (χ1) is 6.89. The van der Waals surface area contributed by atoms with Crippen LogP contribution in [0.1, 0.15) is 12.5 Å². The van der Waals surface area contributed by atoms with E-state index >= 15 is 0 Å². The third kappa shape index (κ3) is 1.67. The second-order valence-electron chi connectivity index (χ2n) is 3.92. The second-order valence-corrected chi connectivity index (χ2v) is 5.78. The summed E-state index contributed by atoms with van der Waals surface area (Å²) in [6, 6.07) is 4.78. The van der Waals surface area contributed by atoms with Crippen LogP contribution >= 0.6 is 0 Å². The molecule has 1 aliphatic rings. The first-order valence-electron chi connectivity index (χ1n) is 4.71. The highest BCUT2D eigenvalue weighted by Crippen LogP contribution is 2.36. The molecule has 0 aromatic heterocycles. The third-order valence-corrected chi connectivity index (χ3v) is 3.85. The van der Waals surface area contributed by atoms with Crippen molar-refractivity contribution >= 4 is 15.7 Å². The van der Waals surface area contributed by atoms with E-state index in [-0.39, 0.29) is 11.8 Å². The highest BCUT2D eigenvalue weighted by molar-refractivity contribution is 7.92. The molecule has 4 nitrogen and oxygen atoms in total. The number of phenols is 1. The van der Waals surface area contributed by atoms with Gasteiger partial charge in [0.05, 0.1) is 11.9 Å². The molecule has 0 radical (unpaired) electrons. The maximum atomic E-state index is 11.6. The molecule has 1 heterocycles. The largest absolute Gasteiger partial charge is 0.508 e. The van der Waals surface area contributed by atoms with Crippen LogP contribution in [0, 0.1) is 0 Å². The van der Waals surface area contributed by atoms with Crippen molar-refractivity contribution in [2.45, 2.75) is 19.4 Å². The minimum atomic E-state index is -3.26. The summed E-state index contributed by atoms with van der Waals surface area (Å²) in [5.41, 5.74) is 1.57. The Morgan fingerprint density at radius 1 is 1.47 bits per heavy atom. The van der Waals surface area contributed by atoms with E-state index in [1.165, 1.54) is 16.6 Å². The topological polar surface area (TPSA) is 57.6 Å². The van der Waals surface area contributed by atoms with Gasteiger partial charge in [0.25, 0.3) is 0 Å². The molecule has 1 unspecified atom stereocenters. The molecule has 0 fully saturated rings. The molecule has 1 aliphatic heterocycles. The van der Waals surface area contributed by atoms with Gasteiger partial charge < -0.3 is 5.11 Å². The number of nitrogens with zero attached hydrogens (tertiary/aromatic N) is 1. The van der Waals surface area contributed by atoms with Crippen LogP contribution in [0.5, 0.6) is 5.75 Å². The van der Waals surface area contributed by atoms with E-state index in [0.29, 0.717) is 12.1 Å². The van der Waals surface area contributed by atoms with Crippen molar-refractivity contribution < 1.29 is 13.5 Å². The Bertz CT molecular complexity index is 495. The molecule has 0 bridgehead atoms. The Labute approximate surface area is 89.2 Å². The van der Waals surface area contributed by atoms with Crippen LogP contribution in [0.15, 0.2) is 18.2 Å². The number of hydrogen-bond acceptors (Lipinski definition) is 3. The molecule has 0 saturated carbocycles. The average molecular weight is 227 g/mol. The van der Waals surface area contributed by atoms with E-state index in [4.69, 9.17) is 0 Å². The van der Waals surface area contributed by atoms with Gasteiger partial charge in [0.1, 0.15) is 5.75 Å². The minimum Gasteiger partial charge on any atom is -0.508 e. The second kappa shape index (κ2) is 3.13. The molecule has 1 aromatic carbocycles. The van der Waals surface area contributed by atoms with Crippen molar-refractivity contribution in [1.82, 2.24) is 0 Å². The first kappa shape index (κ1) is 10.3. The molecule has 0 saturated heterocycles. The highest BCUT2D eigenvalue weighted by Gasteiger charge is 2.32. The lowest BCUT2D eigenvalue weighted by molar-refractivity contribution is 0.475. The van der Waals surface area contributed by atoms with Crippen LogP contribution in [0.4, 0.5) is 5.69 Å². The highest BCUT2D eigenvalue weighted by atomic mass is 32.2. The minimum absolute atomic E-state index is 0.0724. The molecule has 1 atom stereocenters. The third-order valence-electron chi connectivity index (χ3n) is 2.58. The molecule has 1 aromatic rings. The summed E-state index contributed by atoms with van der Waals surface area (Å²) in [6.07, 6.45) is 1.88. The van der Waals surface area contributed by atoms with Crippen LogP contribution in [-0.4, -0.2) is 25.8 Å². The van der Waals surface area contributed by atoms with Gasteiger partial charge >= 0.3 is 0 Å². The molecule has 2 rings (SSSR count). The zero-order valence-electron chi connectivity index (χ0n) is 8.64. The first-order valence-corrected chi connectivity index (χ1v) is 6.56. The average Bonchev–Trinajstić information content (AvgIpc) is 2.38. The van der Waals surface area contributed by atoms with Crippen LogP contribution in [-0.2, 0) is 16.4 Å². The molecular weight excluding hydrogens is 214 g/mol. The van der Waals surface area contributed by atoms with Gasteiger partial charge in [-0.2, -0.15) is 0 Å². The Morgan fingerprint density at radius 2 is 2.13 bits per heavy atom. The summed E-state index contributed by atoms with van der Waals surface area (Å²) in [5, 5.41) is 9.34. The van der Waals surface area contributed by atoms with Gasteiger partial charge in [0.15, 0.2) is 0 Å². The zero-order chi connectivity index (χ0) is 11.2. The van der Waals surface area contributed by atoms with E-state index in [1.807, 2.05) is 6.92 Å². The predicted octanol–water partition coefficient (Wildman–Crippen LogP) is 1.10. The van der Waals surface area contributed by atoms with Gasteiger partial charge in [-0.25, -0.2) is 8.42 Å². The van der Waals surface area contributed by atoms with Gasteiger partial charge in [-0.15, -0.1) is 0 Å². The van der Waals surface area contributed by atoms with Crippen LogP contribution in [0.2, 0.25) is 0 Å². The van der Waals surface area contributed by atoms with Gasteiger partial charge in [0, 0.05) is 12.1 Å². The Balaban J connectivity index is 2.58. The van der Waals surface area contributed by atoms with E-state index in [1.54, 1.807) is 12.1 Å². The molecule has 0 spiro atoms. The van der Waals surface area contributed by atoms with E-state index in [9.17, 15) is 13.5 Å². The van der Waals surface area contributed by atoms with Crippen molar-refractivity contribution in [1.29, 1.82) is 0 Å². The van der Waals surface area contributed by atoms with Crippen LogP contribution in [0.3, 0.4) is 0 Å². The van der Waals surface area contributed by atoms with Gasteiger partial charge in [-0.1, -0.05) is 6.07 Å². The Kier molecular flexibility index (Phi) is 2.15. The number of benzene rings is 1. The number of aromatic hydroxyl groups is 1. The van der Waals surface area contributed by atoms with Gasteiger partial charge in [0.2, 0.25) is 10.0 Å². The SMILES string of the molecule is CC1Cc2ccc(O)cc2N1S(C)(=O)=O. The lowest BCUT2D eigenvalue weighted by Crippen LogP contribution is -2.34. The summed E-state index contributed by atoms with van der Waals surface area (Å²) in [4.78, 5) is 0. The van der Waals surface area contributed by atoms with Crippen LogP contribution in [0.25, 0.3) is 0 Å². The van der Waals surface area contributed by atoms with E-state index in [0.717, 1.165) is 5.56 Å². The number of rotatable bonds is 1. The standard InChI is InChI=1S/C10H13NO3S/c1-7-5-8-3-4-9(12)6-10(8)11(7)15(2,13)14/h3-4,6-7,12H,5H2,1-2H3. The van der Waals surface area contributed by atoms with Crippen molar-refractivity contribution in [3.8, 4) is 5.75 Å². The van der Waals surface area contributed by atoms with Gasteiger partial charge in [-0.3, -0.25) is 4.31 Å². The van der Waals surface area contributed by atoms with Crippen molar-refractivity contribution in [2.75, 3.05) is 10.6 Å². The van der Waals surface area contributed by atoms with Crippen molar-refractivity contribution in [3.05, 3.63) is 23.8 Å². The monoisotopic (exact) mass is 227 g/mol. The Hall–Kier alpha value is -1.23. The van der Waals surface area contributed by atoms with Crippen LogP contribution < -0.4 is 4.31 Å². The molecular formula is C10H13NO3S.